The van der Waals surface area contributed by atoms with E-state index in [2.05, 4.69) is 15.7 Å². The molecule has 2 amide bonds. The maximum Gasteiger partial charge on any atom is 0.315 e. The Kier molecular flexibility index (Phi) is 6.20. The zero-order valence-corrected chi connectivity index (χ0v) is 13.1. The summed E-state index contributed by atoms with van der Waals surface area (Å²) in [5.74, 6) is -0.888. The van der Waals surface area contributed by atoms with Gasteiger partial charge in [-0.2, -0.15) is 5.10 Å². The van der Waals surface area contributed by atoms with Crippen LogP contribution in [0.2, 0.25) is 0 Å². The summed E-state index contributed by atoms with van der Waals surface area (Å²) in [5, 5.41) is 18.5. The molecule has 118 valence electrons. The van der Waals surface area contributed by atoms with Crippen LogP contribution in [0.15, 0.2) is 0 Å². The lowest BCUT2D eigenvalue weighted by Gasteiger charge is -2.14. The number of carbonyl (C=O) groups excluding carboxylic acids is 1. The van der Waals surface area contributed by atoms with Crippen LogP contribution in [0.3, 0.4) is 0 Å². The van der Waals surface area contributed by atoms with E-state index in [4.69, 9.17) is 5.11 Å². The Bertz CT molecular complexity index is 511. The van der Waals surface area contributed by atoms with Crippen molar-refractivity contribution >= 4 is 12.0 Å². The minimum Gasteiger partial charge on any atom is -0.481 e. The molecule has 1 heterocycles. The normalized spacial score (nSPS) is 12.0. The van der Waals surface area contributed by atoms with E-state index in [-0.39, 0.29) is 18.4 Å². The molecular formula is C14H24N4O3. The Balaban J connectivity index is 2.42. The molecule has 3 N–H and O–H groups in total. The molecule has 1 rings (SSSR count). The first-order valence-electron chi connectivity index (χ1n) is 7.07. The lowest BCUT2D eigenvalue weighted by atomic mass is 10.0. The largest absolute Gasteiger partial charge is 0.481 e. The van der Waals surface area contributed by atoms with Crippen molar-refractivity contribution in [2.75, 3.05) is 6.54 Å². The summed E-state index contributed by atoms with van der Waals surface area (Å²) in [4.78, 5) is 22.4. The SMILES string of the molecule is CCC(CNC(=O)NCc1c(C)nn(C)c1C)CC(=O)O. The summed E-state index contributed by atoms with van der Waals surface area (Å²) in [6.07, 6.45) is 0.783. The average molecular weight is 296 g/mol. The second kappa shape index (κ2) is 7.66. The summed E-state index contributed by atoms with van der Waals surface area (Å²) >= 11 is 0. The zero-order chi connectivity index (χ0) is 16.0. The number of carbonyl (C=O) groups is 2. The first kappa shape index (κ1) is 17.0. The quantitative estimate of drug-likeness (QED) is 0.707. The van der Waals surface area contributed by atoms with Crippen LogP contribution < -0.4 is 10.6 Å². The summed E-state index contributed by atoms with van der Waals surface area (Å²) < 4.78 is 1.78. The van der Waals surface area contributed by atoms with Gasteiger partial charge >= 0.3 is 12.0 Å². The number of amides is 2. The zero-order valence-electron chi connectivity index (χ0n) is 13.1. The van der Waals surface area contributed by atoms with Crippen molar-refractivity contribution in [3.05, 3.63) is 17.0 Å². The van der Waals surface area contributed by atoms with Crippen molar-refractivity contribution in [3.63, 3.8) is 0 Å². The fourth-order valence-electron chi connectivity index (χ4n) is 2.15. The fourth-order valence-corrected chi connectivity index (χ4v) is 2.15. The topological polar surface area (TPSA) is 96.3 Å². The number of carboxylic acid groups (broad SMARTS) is 1. The number of nitrogens with zero attached hydrogens (tertiary/aromatic N) is 2. The molecule has 0 aliphatic heterocycles. The monoisotopic (exact) mass is 296 g/mol. The van der Waals surface area contributed by atoms with Gasteiger partial charge in [0, 0.05) is 37.8 Å². The standard InChI is InChI=1S/C14H24N4O3/c1-5-11(6-13(19)20)7-15-14(21)16-8-12-9(2)17-18(4)10(12)3/h11H,5-8H2,1-4H3,(H,19,20)(H2,15,16,21). The first-order valence-corrected chi connectivity index (χ1v) is 7.07. The van der Waals surface area contributed by atoms with E-state index in [0.29, 0.717) is 19.5 Å². The van der Waals surface area contributed by atoms with E-state index in [1.165, 1.54) is 0 Å². The van der Waals surface area contributed by atoms with Gasteiger partial charge in [-0.15, -0.1) is 0 Å². The van der Waals surface area contributed by atoms with Crippen molar-refractivity contribution in [1.82, 2.24) is 20.4 Å². The number of aryl methyl sites for hydroxylation is 2. The number of carboxylic acids is 1. The van der Waals surface area contributed by atoms with Crippen molar-refractivity contribution in [1.29, 1.82) is 0 Å². The molecule has 0 aliphatic carbocycles. The molecular weight excluding hydrogens is 272 g/mol. The Morgan fingerprint density at radius 2 is 2.00 bits per heavy atom. The molecule has 0 aliphatic rings. The Labute approximate surface area is 124 Å². The average Bonchev–Trinajstić information content (AvgIpc) is 2.65. The summed E-state index contributed by atoms with van der Waals surface area (Å²) in [5.41, 5.74) is 2.92. The Morgan fingerprint density at radius 1 is 1.33 bits per heavy atom. The van der Waals surface area contributed by atoms with Gasteiger partial charge in [0.2, 0.25) is 0 Å². The maximum atomic E-state index is 11.8. The molecule has 1 unspecified atom stereocenters. The Morgan fingerprint density at radius 3 is 2.48 bits per heavy atom. The van der Waals surface area contributed by atoms with Gasteiger partial charge in [0.15, 0.2) is 0 Å². The first-order chi connectivity index (χ1) is 9.85. The minimum atomic E-state index is -0.842. The fraction of sp³-hybridized carbons (Fsp3) is 0.643. The smallest absolute Gasteiger partial charge is 0.315 e. The van der Waals surface area contributed by atoms with Crippen LogP contribution in [0.5, 0.6) is 0 Å². The van der Waals surface area contributed by atoms with Crippen LogP contribution in [0.25, 0.3) is 0 Å². The number of rotatable bonds is 7. The third kappa shape index (κ3) is 5.09. The lowest BCUT2D eigenvalue weighted by Crippen LogP contribution is -2.38. The number of urea groups is 1. The highest BCUT2D eigenvalue weighted by Crippen LogP contribution is 2.11. The van der Waals surface area contributed by atoms with Crippen LogP contribution in [0.1, 0.15) is 36.7 Å². The highest BCUT2D eigenvalue weighted by atomic mass is 16.4. The molecule has 0 saturated heterocycles. The van der Waals surface area contributed by atoms with E-state index in [0.717, 1.165) is 17.0 Å². The van der Waals surface area contributed by atoms with Crippen molar-refractivity contribution in [2.45, 2.75) is 40.2 Å². The molecule has 0 saturated carbocycles. The van der Waals surface area contributed by atoms with Crippen molar-refractivity contribution in [3.8, 4) is 0 Å². The van der Waals surface area contributed by atoms with Gasteiger partial charge in [0.25, 0.3) is 0 Å². The van der Waals surface area contributed by atoms with E-state index in [9.17, 15) is 9.59 Å². The molecule has 7 nitrogen and oxygen atoms in total. The number of hydrogen-bond acceptors (Lipinski definition) is 3. The molecule has 1 atom stereocenters. The molecule has 0 radical (unpaired) electrons. The number of aromatic nitrogens is 2. The predicted molar refractivity (Wildman–Crippen MR) is 79.0 cm³/mol. The summed E-state index contributed by atoms with van der Waals surface area (Å²) in [7, 11) is 1.86. The predicted octanol–water partition coefficient (Wildman–Crippen LogP) is 1.34. The van der Waals surface area contributed by atoms with Gasteiger partial charge in [0.05, 0.1) is 5.69 Å². The highest BCUT2D eigenvalue weighted by Gasteiger charge is 2.13. The van der Waals surface area contributed by atoms with Crippen LogP contribution >= 0.6 is 0 Å². The third-order valence-electron chi connectivity index (χ3n) is 3.68. The molecule has 0 spiro atoms. The molecule has 1 aromatic heterocycles. The van der Waals surface area contributed by atoms with E-state index < -0.39 is 5.97 Å². The van der Waals surface area contributed by atoms with E-state index in [1.807, 2.05) is 27.8 Å². The molecule has 0 fully saturated rings. The van der Waals surface area contributed by atoms with Gasteiger partial charge in [0.1, 0.15) is 0 Å². The second-order valence-electron chi connectivity index (χ2n) is 5.21. The highest BCUT2D eigenvalue weighted by molar-refractivity contribution is 5.74. The van der Waals surface area contributed by atoms with Crippen LogP contribution in [0.4, 0.5) is 4.79 Å². The van der Waals surface area contributed by atoms with Crippen molar-refractivity contribution < 1.29 is 14.7 Å². The summed E-state index contributed by atoms with van der Waals surface area (Å²) in [6, 6.07) is -0.290. The number of nitrogens with one attached hydrogen (secondary N) is 2. The molecule has 0 aromatic carbocycles. The second-order valence-corrected chi connectivity index (χ2v) is 5.21. The van der Waals surface area contributed by atoms with Gasteiger partial charge < -0.3 is 15.7 Å². The number of hydrogen-bond donors (Lipinski definition) is 3. The minimum absolute atomic E-state index is 0.0462. The summed E-state index contributed by atoms with van der Waals surface area (Å²) in [6.45, 7) is 6.54. The van der Waals surface area contributed by atoms with E-state index in [1.54, 1.807) is 4.68 Å². The van der Waals surface area contributed by atoms with E-state index >= 15 is 0 Å². The van der Waals surface area contributed by atoms with Gasteiger partial charge in [-0.05, 0) is 19.8 Å². The number of aliphatic carboxylic acids is 1. The molecule has 1 aromatic rings. The van der Waals surface area contributed by atoms with Crippen LogP contribution in [-0.4, -0.2) is 33.4 Å². The van der Waals surface area contributed by atoms with Gasteiger partial charge in [-0.3, -0.25) is 9.48 Å². The maximum absolute atomic E-state index is 11.8. The Hall–Kier alpha value is -2.05. The van der Waals surface area contributed by atoms with Gasteiger partial charge in [-0.1, -0.05) is 13.3 Å². The molecule has 0 bridgehead atoms. The lowest BCUT2D eigenvalue weighted by molar-refractivity contribution is -0.138. The third-order valence-corrected chi connectivity index (χ3v) is 3.68. The van der Waals surface area contributed by atoms with Crippen LogP contribution in [0, 0.1) is 19.8 Å². The molecule has 7 heteroatoms. The van der Waals surface area contributed by atoms with Gasteiger partial charge in [-0.25, -0.2) is 4.79 Å². The van der Waals surface area contributed by atoms with Crippen molar-refractivity contribution in [2.24, 2.45) is 13.0 Å². The van der Waals surface area contributed by atoms with Crippen LogP contribution in [-0.2, 0) is 18.4 Å². The molecule has 21 heavy (non-hydrogen) atoms.